The highest BCUT2D eigenvalue weighted by atomic mass is 32.2. The van der Waals surface area contributed by atoms with Crippen LogP contribution in [-0.4, -0.2) is 64.5 Å². The van der Waals surface area contributed by atoms with Crippen LogP contribution in [0.3, 0.4) is 0 Å². The SMILES string of the molecule is CC(C)S(=O)(=O)c1ccc(Nc2ncnc3c(CCC4CCN(C(=O)OCC(C)(C)C)CC4)[nH]nc23)c(F)c1. The van der Waals surface area contributed by atoms with Crippen LogP contribution in [0.5, 0.6) is 0 Å². The molecule has 2 aromatic heterocycles. The van der Waals surface area contributed by atoms with Crippen molar-refractivity contribution in [3.8, 4) is 0 Å². The van der Waals surface area contributed by atoms with E-state index < -0.39 is 20.9 Å². The molecule has 4 rings (SSSR count). The summed E-state index contributed by atoms with van der Waals surface area (Å²) in [5.74, 6) is 0.0833. The van der Waals surface area contributed by atoms with Crippen molar-refractivity contribution >= 4 is 38.5 Å². The minimum atomic E-state index is -3.59. The number of amides is 1. The van der Waals surface area contributed by atoms with Crippen LogP contribution in [0.1, 0.15) is 59.6 Å². The third kappa shape index (κ3) is 6.84. The number of aromatic nitrogens is 4. The van der Waals surface area contributed by atoms with Gasteiger partial charge in [0.05, 0.1) is 28.1 Å². The Morgan fingerprint density at radius 2 is 1.92 bits per heavy atom. The lowest BCUT2D eigenvalue weighted by Crippen LogP contribution is -2.39. The van der Waals surface area contributed by atoms with Crippen LogP contribution >= 0.6 is 0 Å². The van der Waals surface area contributed by atoms with Gasteiger partial charge in [-0.25, -0.2) is 27.6 Å². The Hall–Kier alpha value is -3.28. The van der Waals surface area contributed by atoms with Crippen molar-refractivity contribution < 1.29 is 22.3 Å². The Labute approximate surface area is 228 Å². The number of aromatic amines is 1. The summed E-state index contributed by atoms with van der Waals surface area (Å²) in [6.07, 6.45) is 4.59. The van der Waals surface area contributed by atoms with E-state index in [0.717, 1.165) is 37.4 Å². The van der Waals surface area contributed by atoms with E-state index in [4.69, 9.17) is 4.74 Å². The Bertz CT molecular complexity index is 1430. The smallest absolute Gasteiger partial charge is 0.409 e. The summed E-state index contributed by atoms with van der Waals surface area (Å²) in [7, 11) is -3.59. The third-order valence-corrected chi connectivity index (χ3v) is 9.01. The molecule has 0 radical (unpaired) electrons. The van der Waals surface area contributed by atoms with Gasteiger partial charge in [0, 0.05) is 13.1 Å². The molecule has 0 aliphatic carbocycles. The lowest BCUT2D eigenvalue weighted by molar-refractivity contribution is 0.0615. The van der Waals surface area contributed by atoms with Gasteiger partial charge < -0.3 is 15.0 Å². The van der Waals surface area contributed by atoms with Gasteiger partial charge in [-0.05, 0) is 69.1 Å². The molecule has 3 aromatic rings. The van der Waals surface area contributed by atoms with E-state index in [1.165, 1.54) is 18.5 Å². The van der Waals surface area contributed by atoms with Gasteiger partial charge >= 0.3 is 6.09 Å². The lowest BCUT2D eigenvalue weighted by atomic mass is 9.91. The number of hydrogen-bond donors (Lipinski definition) is 2. The number of fused-ring (bicyclic) bond motifs is 1. The molecule has 1 aliphatic rings. The number of likely N-dealkylation sites (tertiary alicyclic amines) is 1. The first-order chi connectivity index (χ1) is 18.3. The monoisotopic (exact) mass is 560 g/mol. The van der Waals surface area contributed by atoms with Gasteiger partial charge in [-0.15, -0.1) is 0 Å². The van der Waals surface area contributed by atoms with Crippen LogP contribution in [0, 0.1) is 17.2 Å². The zero-order valence-electron chi connectivity index (χ0n) is 23.1. The molecule has 1 aliphatic heterocycles. The molecule has 2 N–H and O–H groups in total. The molecular weight excluding hydrogens is 523 g/mol. The summed E-state index contributed by atoms with van der Waals surface area (Å²) in [4.78, 5) is 22.7. The van der Waals surface area contributed by atoms with Crippen LogP contribution in [0.4, 0.5) is 20.7 Å². The number of carbonyl (C=O) groups excluding carboxylic acids is 1. The Kier molecular flexibility index (Phi) is 8.43. The van der Waals surface area contributed by atoms with Crippen molar-refractivity contribution in [1.29, 1.82) is 0 Å². The normalized spacial score (nSPS) is 15.2. The van der Waals surface area contributed by atoms with E-state index in [2.05, 4.69) is 25.5 Å². The molecule has 12 heteroatoms. The first kappa shape index (κ1) is 28.7. The molecule has 10 nitrogen and oxygen atoms in total. The molecule has 1 saturated heterocycles. The fraction of sp³-hybridized carbons (Fsp3) is 0.556. The van der Waals surface area contributed by atoms with Crippen LogP contribution in [0.25, 0.3) is 11.0 Å². The highest BCUT2D eigenvalue weighted by Crippen LogP contribution is 2.29. The van der Waals surface area contributed by atoms with Crippen LogP contribution in [-0.2, 0) is 21.0 Å². The van der Waals surface area contributed by atoms with Gasteiger partial charge in [-0.2, -0.15) is 5.10 Å². The van der Waals surface area contributed by atoms with E-state index >= 15 is 0 Å². The van der Waals surface area contributed by atoms with Crippen molar-refractivity contribution in [2.75, 3.05) is 25.0 Å². The average molecular weight is 561 g/mol. The minimum Gasteiger partial charge on any atom is -0.449 e. The maximum absolute atomic E-state index is 14.8. The molecule has 212 valence electrons. The first-order valence-corrected chi connectivity index (χ1v) is 14.8. The molecule has 0 spiro atoms. The molecule has 0 saturated carbocycles. The molecule has 1 amide bonds. The Morgan fingerprint density at radius 3 is 2.56 bits per heavy atom. The van der Waals surface area contributed by atoms with Crippen molar-refractivity contribution in [2.24, 2.45) is 11.3 Å². The van der Waals surface area contributed by atoms with Crippen LogP contribution in [0.15, 0.2) is 29.4 Å². The number of ether oxygens (including phenoxy) is 1. The van der Waals surface area contributed by atoms with Crippen molar-refractivity contribution in [2.45, 2.75) is 70.4 Å². The van der Waals surface area contributed by atoms with Crippen molar-refractivity contribution in [3.05, 3.63) is 36.0 Å². The third-order valence-electron chi connectivity index (χ3n) is 6.86. The van der Waals surface area contributed by atoms with E-state index in [1.807, 2.05) is 20.8 Å². The number of anilines is 2. The van der Waals surface area contributed by atoms with Gasteiger partial charge in [-0.1, -0.05) is 20.8 Å². The van der Waals surface area contributed by atoms with Crippen LogP contribution in [0.2, 0.25) is 0 Å². The summed E-state index contributed by atoms with van der Waals surface area (Å²) in [5, 5.41) is 9.68. The highest BCUT2D eigenvalue weighted by molar-refractivity contribution is 7.92. The average Bonchev–Trinajstić information content (AvgIpc) is 3.31. The number of hydrogen-bond acceptors (Lipinski definition) is 8. The zero-order valence-corrected chi connectivity index (χ0v) is 23.9. The van der Waals surface area contributed by atoms with E-state index in [-0.39, 0.29) is 22.1 Å². The molecule has 0 unspecified atom stereocenters. The molecule has 0 atom stereocenters. The second-order valence-electron chi connectivity index (χ2n) is 11.6. The largest absolute Gasteiger partial charge is 0.449 e. The summed E-state index contributed by atoms with van der Waals surface area (Å²) in [6, 6.07) is 3.78. The second-order valence-corrected chi connectivity index (χ2v) is 14.1. The number of rotatable bonds is 8. The number of nitrogens with one attached hydrogen (secondary N) is 2. The van der Waals surface area contributed by atoms with Gasteiger partial charge in [-0.3, -0.25) is 5.10 Å². The fourth-order valence-corrected chi connectivity index (χ4v) is 5.51. The Morgan fingerprint density at radius 1 is 1.21 bits per heavy atom. The Balaban J connectivity index is 1.37. The standard InChI is InChI=1S/C27H37FN6O4S/c1-17(2)39(36,37)19-7-9-21(20(28)14-19)31-25-24-23(29-16-30-25)22(32-33-24)8-6-18-10-12-34(13-11-18)26(35)38-15-27(3,4)5/h7,9,14,16-18H,6,8,10-13,15H2,1-5H3,(H,32,33)(H,29,30,31). The highest BCUT2D eigenvalue weighted by Gasteiger charge is 2.26. The predicted octanol–water partition coefficient (Wildman–Crippen LogP) is 5.25. The summed E-state index contributed by atoms with van der Waals surface area (Å²) >= 11 is 0. The van der Waals surface area contributed by atoms with E-state index in [0.29, 0.717) is 42.5 Å². The van der Waals surface area contributed by atoms with Gasteiger partial charge in [0.25, 0.3) is 0 Å². The molecule has 0 bridgehead atoms. The predicted molar refractivity (Wildman–Crippen MR) is 147 cm³/mol. The van der Waals surface area contributed by atoms with Crippen molar-refractivity contribution in [1.82, 2.24) is 25.1 Å². The number of halogens is 1. The number of piperidine rings is 1. The quantitative estimate of drug-likeness (QED) is 0.382. The summed E-state index contributed by atoms with van der Waals surface area (Å²) in [5.41, 5.74) is 2.02. The number of nitrogens with zero attached hydrogens (tertiary/aromatic N) is 4. The molecule has 1 fully saturated rings. The first-order valence-electron chi connectivity index (χ1n) is 13.3. The number of benzene rings is 1. The second kappa shape index (κ2) is 11.4. The van der Waals surface area contributed by atoms with E-state index in [1.54, 1.807) is 18.7 Å². The van der Waals surface area contributed by atoms with Crippen molar-refractivity contribution in [3.63, 3.8) is 0 Å². The topological polar surface area (TPSA) is 130 Å². The molecule has 3 heterocycles. The number of carbonyl (C=O) groups is 1. The fourth-order valence-electron chi connectivity index (χ4n) is 4.44. The maximum atomic E-state index is 14.8. The molecule has 1 aromatic carbocycles. The minimum absolute atomic E-state index is 0.0603. The van der Waals surface area contributed by atoms with Gasteiger partial charge in [0.2, 0.25) is 0 Å². The van der Waals surface area contributed by atoms with E-state index in [9.17, 15) is 17.6 Å². The number of sulfone groups is 1. The van der Waals surface area contributed by atoms with Crippen LogP contribution < -0.4 is 5.32 Å². The van der Waals surface area contributed by atoms with Gasteiger partial charge in [0.15, 0.2) is 21.2 Å². The van der Waals surface area contributed by atoms with Gasteiger partial charge in [0.1, 0.15) is 17.7 Å². The number of aryl methyl sites for hydroxylation is 1. The lowest BCUT2D eigenvalue weighted by Gasteiger charge is -2.32. The molecule has 39 heavy (non-hydrogen) atoms. The molecular formula is C27H37FN6O4S. The zero-order chi connectivity index (χ0) is 28.4. The number of H-pyrrole nitrogens is 1. The maximum Gasteiger partial charge on any atom is 0.409 e. The summed E-state index contributed by atoms with van der Waals surface area (Å²) in [6.45, 7) is 11.0. The summed E-state index contributed by atoms with van der Waals surface area (Å²) < 4.78 is 45.0.